The molecule has 1 atom stereocenters. The third-order valence-electron chi connectivity index (χ3n) is 5.76. The number of carbonyl (C=O) groups is 2. The molecule has 1 saturated heterocycles. The van der Waals surface area contributed by atoms with E-state index in [1.807, 2.05) is 11.8 Å². The van der Waals surface area contributed by atoms with Gasteiger partial charge in [0, 0.05) is 19.5 Å². The van der Waals surface area contributed by atoms with Gasteiger partial charge < -0.3 is 10.2 Å². The molecule has 0 aromatic rings. The molecule has 0 aromatic carbocycles. The minimum Gasteiger partial charge on any atom is -0.342 e. The molecule has 1 unspecified atom stereocenters. The lowest BCUT2D eigenvalue weighted by molar-refractivity contribution is -0.140. The Morgan fingerprint density at radius 2 is 1.95 bits per heavy atom. The Morgan fingerprint density at radius 3 is 2.45 bits per heavy atom. The Labute approximate surface area is 121 Å². The maximum Gasteiger partial charge on any atom is 0.248 e. The van der Waals surface area contributed by atoms with Crippen LogP contribution in [0.2, 0.25) is 0 Å². The van der Waals surface area contributed by atoms with Crippen molar-refractivity contribution >= 4 is 11.8 Å². The van der Waals surface area contributed by atoms with Crippen molar-refractivity contribution in [3.05, 3.63) is 0 Å². The second-order valence-electron chi connectivity index (χ2n) is 7.52. The summed E-state index contributed by atoms with van der Waals surface area (Å²) in [7, 11) is 0. The van der Waals surface area contributed by atoms with E-state index in [0.29, 0.717) is 30.2 Å². The Bertz CT molecular complexity index is 438. The zero-order valence-electron chi connectivity index (χ0n) is 12.9. The van der Waals surface area contributed by atoms with Gasteiger partial charge in [-0.15, -0.1) is 0 Å². The Balaban J connectivity index is 1.80. The van der Waals surface area contributed by atoms with Gasteiger partial charge >= 0.3 is 0 Å². The molecule has 4 heteroatoms. The quantitative estimate of drug-likeness (QED) is 0.854. The molecule has 2 amide bonds. The van der Waals surface area contributed by atoms with Crippen LogP contribution in [0.15, 0.2) is 0 Å². The van der Waals surface area contributed by atoms with Crippen LogP contribution in [0.25, 0.3) is 0 Å². The second-order valence-corrected chi connectivity index (χ2v) is 7.52. The van der Waals surface area contributed by atoms with Crippen LogP contribution in [0.3, 0.4) is 0 Å². The number of hydrogen-bond donors (Lipinski definition) is 1. The average Bonchev–Trinajstić information content (AvgIpc) is 3.25. The Morgan fingerprint density at radius 1 is 1.30 bits per heavy atom. The second kappa shape index (κ2) is 4.47. The predicted octanol–water partition coefficient (Wildman–Crippen LogP) is 1.94. The molecular formula is C16H26N2O2. The van der Waals surface area contributed by atoms with Crippen molar-refractivity contribution < 1.29 is 9.59 Å². The Kier molecular flexibility index (Phi) is 3.11. The summed E-state index contributed by atoms with van der Waals surface area (Å²) in [5.74, 6) is 1.13. The molecule has 0 bridgehead atoms. The van der Waals surface area contributed by atoms with Gasteiger partial charge in [-0.05, 0) is 49.9 Å². The lowest BCUT2D eigenvalue weighted by atomic mass is 9.89. The summed E-state index contributed by atoms with van der Waals surface area (Å²) in [6, 6.07) is 0. The van der Waals surface area contributed by atoms with E-state index >= 15 is 0 Å². The molecule has 1 N–H and O–H groups in total. The van der Waals surface area contributed by atoms with Crippen LogP contribution in [0.5, 0.6) is 0 Å². The highest BCUT2D eigenvalue weighted by Crippen LogP contribution is 2.53. The molecule has 3 fully saturated rings. The fourth-order valence-electron chi connectivity index (χ4n) is 3.62. The van der Waals surface area contributed by atoms with Crippen LogP contribution in [-0.2, 0) is 9.59 Å². The fourth-order valence-corrected chi connectivity index (χ4v) is 3.62. The van der Waals surface area contributed by atoms with E-state index in [0.717, 1.165) is 19.4 Å². The minimum atomic E-state index is -0.652. The normalized spacial score (nSPS) is 33.1. The molecule has 0 spiro atoms. The van der Waals surface area contributed by atoms with Crippen molar-refractivity contribution in [1.82, 2.24) is 10.2 Å². The van der Waals surface area contributed by atoms with Crippen LogP contribution >= 0.6 is 0 Å². The summed E-state index contributed by atoms with van der Waals surface area (Å²) in [5, 5.41) is 3.00. The summed E-state index contributed by atoms with van der Waals surface area (Å²) in [5.41, 5.74) is -0.339. The topological polar surface area (TPSA) is 49.4 Å². The van der Waals surface area contributed by atoms with Crippen molar-refractivity contribution in [2.45, 2.75) is 58.4 Å². The number of nitrogens with one attached hydrogen (secondary N) is 1. The van der Waals surface area contributed by atoms with Gasteiger partial charge in [0.25, 0.3) is 0 Å². The van der Waals surface area contributed by atoms with Crippen molar-refractivity contribution in [1.29, 1.82) is 0 Å². The van der Waals surface area contributed by atoms with Gasteiger partial charge in [0.05, 0.1) is 0 Å². The molecule has 0 radical (unpaired) electrons. The highest BCUT2D eigenvalue weighted by molar-refractivity contribution is 5.93. The molecule has 20 heavy (non-hydrogen) atoms. The fraction of sp³-hybridized carbons (Fsp3) is 0.875. The average molecular weight is 278 g/mol. The number of carbonyl (C=O) groups excluding carboxylic acids is 2. The monoisotopic (exact) mass is 278 g/mol. The van der Waals surface area contributed by atoms with E-state index in [-0.39, 0.29) is 11.8 Å². The Hall–Kier alpha value is -1.06. The van der Waals surface area contributed by atoms with Crippen LogP contribution < -0.4 is 5.32 Å². The van der Waals surface area contributed by atoms with Crippen LogP contribution in [0.1, 0.15) is 52.9 Å². The highest BCUT2D eigenvalue weighted by atomic mass is 16.2. The highest BCUT2D eigenvalue weighted by Gasteiger charge is 2.54. The number of nitrogens with zero attached hydrogens (tertiary/aromatic N) is 1. The van der Waals surface area contributed by atoms with Crippen molar-refractivity contribution in [2.24, 2.45) is 17.3 Å². The van der Waals surface area contributed by atoms with Crippen LogP contribution in [-0.4, -0.2) is 35.3 Å². The van der Waals surface area contributed by atoms with E-state index in [1.54, 1.807) is 0 Å². The van der Waals surface area contributed by atoms with Crippen molar-refractivity contribution in [2.75, 3.05) is 13.1 Å². The summed E-state index contributed by atoms with van der Waals surface area (Å²) in [4.78, 5) is 26.9. The van der Waals surface area contributed by atoms with E-state index < -0.39 is 5.54 Å². The number of amides is 2. The van der Waals surface area contributed by atoms with Gasteiger partial charge in [0.2, 0.25) is 11.8 Å². The van der Waals surface area contributed by atoms with Gasteiger partial charge in [-0.2, -0.15) is 0 Å². The largest absolute Gasteiger partial charge is 0.342 e. The SMILES string of the molecule is CC(C)C1(CN2CCC(=O)NC(C)(C3CC3)C2=O)CC1. The standard InChI is InChI=1S/C16H26N2O2/c1-11(2)16(7-8-16)10-18-9-6-13(19)17-15(3,14(18)20)12-4-5-12/h11-12H,4-10H2,1-3H3,(H,17,19). The van der Waals surface area contributed by atoms with Gasteiger partial charge in [-0.25, -0.2) is 0 Å². The first-order chi connectivity index (χ1) is 9.37. The molecule has 3 aliphatic rings. The maximum atomic E-state index is 12.9. The summed E-state index contributed by atoms with van der Waals surface area (Å²) >= 11 is 0. The summed E-state index contributed by atoms with van der Waals surface area (Å²) < 4.78 is 0. The molecule has 1 aliphatic heterocycles. The summed E-state index contributed by atoms with van der Waals surface area (Å²) in [6.45, 7) is 7.85. The van der Waals surface area contributed by atoms with E-state index in [9.17, 15) is 9.59 Å². The summed E-state index contributed by atoms with van der Waals surface area (Å²) in [6.07, 6.45) is 5.01. The molecule has 0 aromatic heterocycles. The van der Waals surface area contributed by atoms with E-state index in [4.69, 9.17) is 0 Å². The third kappa shape index (κ3) is 2.23. The molecule has 1 heterocycles. The molecule has 4 nitrogen and oxygen atoms in total. The molecule has 2 saturated carbocycles. The first-order valence-corrected chi connectivity index (χ1v) is 7.98. The van der Waals surface area contributed by atoms with Crippen molar-refractivity contribution in [3.63, 3.8) is 0 Å². The third-order valence-corrected chi connectivity index (χ3v) is 5.76. The van der Waals surface area contributed by atoms with Gasteiger partial charge in [-0.3, -0.25) is 9.59 Å². The first-order valence-electron chi connectivity index (χ1n) is 7.98. The van der Waals surface area contributed by atoms with Crippen molar-refractivity contribution in [3.8, 4) is 0 Å². The molecular weight excluding hydrogens is 252 g/mol. The maximum absolute atomic E-state index is 12.9. The molecule has 112 valence electrons. The zero-order valence-corrected chi connectivity index (χ0v) is 12.9. The lowest BCUT2D eigenvalue weighted by Gasteiger charge is -2.35. The van der Waals surface area contributed by atoms with Gasteiger partial charge in [-0.1, -0.05) is 13.8 Å². The molecule has 2 aliphatic carbocycles. The van der Waals surface area contributed by atoms with Gasteiger partial charge in [0.1, 0.15) is 5.54 Å². The molecule has 3 rings (SSSR count). The zero-order chi connectivity index (χ0) is 14.5. The van der Waals surface area contributed by atoms with Gasteiger partial charge in [0.15, 0.2) is 0 Å². The number of rotatable bonds is 4. The predicted molar refractivity (Wildman–Crippen MR) is 77.0 cm³/mol. The lowest BCUT2D eigenvalue weighted by Crippen LogP contribution is -2.57. The van der Waals surface area contributed by atoms with E-state index in [2.05, 4.69) is 19.2 Å². The van der Waals surface area contributed by atoms with Crippen LogP contribution in [0, 0.1) is 17.3 Å². The smallest absolute Gasteiger partial charge is 0.248 e. The number of hydrogen-bond acceptors (Lipinski definition) is 2. The first kappa shape index (κ1) is 13.9. The van der Waals surface area contributed by atoms with Crippen LogP contribution in [0.4, 0.5) is 0 Å². The van der Waals surface area contributed by atoms with E-state index in [1.165, 1.54) is 12.8 Å². The minimum absolute atomic E-state index is 0.0321.